The summed E-state index contributed by atoms with van der Waals surface area (Å²) in [6.07, 6.45) is 1.31. The number of carbonyl (C=O) groups excluding carboxylic acids is 2. The van der Waals surface area contributed by atoms with Gasteiger partial charge in [0.2, 0.25) is 0 Å². The van der Waals surface area contributed by atoms with Crippen molar-refractivity contribution < 1.29 is 19.1 Å². The van der Waals surface area contributed by atoms with Gasteiger partial charge in [0, 0.05) is 24.2 Å². The lowest BCUT2D eigenvalue weighted by Crippen LogP contribution is -2.59. The number of esters is 1. The summed E-state index contributed by atoms with van der Waals surface area (Å²) in [7, 11) is 1.34. The number of amides is 1. The zero-order chi connectivity index (χ0) is 21.3. The van der Waals surface area contributed by atoms with E-state index in [-0.39, 0.29) is 18.2 Å². The molecule has 2 atom stereocenters. The van der Waals surface area contributed by atoms with Crippen LogP contribution in [0.4, 0.5) is 10.5 Å². The fourth-order valence-electron chi connectivity index (χ4n) is 3.81. The van der Waals surface area contributed by atoms with Gasteiger partial charge in [0.1, 0.15) is 11.1 Å². The van der Waals surface area contributed by atoms with Crippen molar-refractivity contribution in [1.29, 1.82) is 0 Å². The van der Waals surface area contributed by atoms with E-state index in [1.54, 1.807) is 17.2 Å². The number of methoxy groups -OCH3 is 1. The Morgan fingerprint density at radius 2 is 1.76 bits per heavy atom. The minimum atomic E-state index is -0.535. The van der Waals surface area contributed by atoms with Crippen LogP contribution < -0.4 is 4.90 Å². The Balaban J connectivity index is 1.91. The van der Waals surface area contributed by atoms with Gasteiger partial charge in [-0.25, -0.2) is 9.59 Å². The van der Waals surface area contributed by atoms with Crippen molar-refractivity contribution in [2.24, 2.45) is 0 Å². The van der Waals surface area contributed by atoms with Crippen molar-refractivity contribution in [3.05, 3.63) is 30.0 Å². The quantitative estimate of drug-likeness (QED) is 0.715. The number of hydrogen-bond donors (Lipinski definition) is 0. The van der Waals surface area contributed by atoms with Crippen LogP contribution in [0.1, 0.15) is 45.0 Å². The molecule has 0 unspecified atom stereocenters. The van der Waals surface area contributed by atoms with Crippen LogP contribution in [0.15, 0.2) is 24.4 Å². The molecule has 156 valence electrons. The number of aromatic nitrogens is 2. The van der Waals surface area contributed by atoms with E-state index >= 15 is 0 Å². The number of piperazine rings is 1. The summed E-state index contributed by atoms with van der Waals surface area (Å²) in [5.74, 6) is -0.446. The Kier molecular flexibility index (Phi) is 5.64. The molecule has 8 heteroatoms. The molecule has 0 aliphatic carbocycles. The van der Waals surface area contributed by atoms with E-state index in [2.05, 4.69) is 15.1 Å². The van der Waals surface area contributed by atoms with E-state index in [0.717, 1.165) is 11.1 Å². The smallest absolute Gasteiger partial charge is 0.410 e. The van der Waals surface area contributed by atoms with Crippen LogP contribution in [-0.2, 0) is 9.47 Å². The third-order valence-electron chi connectivity index (χ3n) is 4.93. The summed E-state index contributed by atoms with van der Waals surface area (Å²) < 4.78 is 10.4. The summed E-state index contributed by atoms with van der Waals surface area (Å²) in [5.41, 5.74) is 1.30. The average Bonchev–Trinajstić information content (AvgIpc) is 2.64. The van der Waals surface area contributed by atoms with Crippen LogP contribution in [0.25, 0.3) is 10.9 Å². The number of hydrogen-bond acceptors (Lipinski definition) is 7. The molecule has 8 nitrogen and oxygen atoms in total. The minimum absolute atomic E-state index is 0.0428. The fraction of sp³-hybridized carbons (Fsp3) is 0.524. The van der Waals surface area contributed by atoms with Gasteiger partial charge in [-0.3, -0.25) is 4.90 Å². The third kappa shape index (κ3) is 4.26. The van der Waals surface area contributed by atoms with Gasteiger partial charge in [-0.15, -0.1) is 5.10 Å². The largest absolute Gasteiger partial charge is 0.465 e. The van der Waals surface area contributed by atoms with Crippen LogP contribution in [0.5, 0.6) is 0 Å². The second-order valence-electron chi connectivity index (χ2n) is 8.41. The summed E-state index contributed by atoms with van der Waals surface area (Å²) in [6, 6.07) is 5.38. The van der Waals surface area contributed by atoms with Crippen molar-refractivity contribution in [1.82, 2.24) is 15.1 Å². The van der Waals surface area contributed by atoms with Gasteiger partial charge in [-0.1, -0.05) is 0 Å². The summed E-state index contributed by atoms with van der Waals surface area (Å²) >= 11 is 0. The molecule has 1 fully saturated rings. The lowest BCUT2D eigenvalue weighted by molar-refractivity contribution is 0.00566. The molecule has 1 saturated heterocycles. The highest BCUT2D eigenvalue weighted by Gasteiger charge is 2.36. The van der Waals surface area contributed by atoms with Gasteiger partial charge in [0.15, 0.2) is 0 Å². The van der Waals surface area contributed by atoms with E-state index in [9.17, 15) is 9.59 Å². The minimum Gasteiger partial charge on any atom is -0.465 e. The molecule has 1 aromatic heterocycles. The van der Waals surface area contributed by atoms with Gasteiger partial charge in [0.05, 0.1) is 31.0 Å². The van der Waals surface area contributed by atoms with Crippen LogP contribution in [-0.4, -0.2) is 65.0 Å². The maximum atomic E-state index is 12.7. The zero-order valence-electron chi connectivity index (χ0n) is 17.8. The summed E-state index contributed by atoms with van der Waals surface area (Å²) in [5, 5.41) is 8.92. The lowest BCUT2D eigenvalue weighted by Gasteiger charge is -2.45. The number of benzene rings is 1. The first-order chi connectivity index (χ1) is 13.6. The SMILES string of the molecule is COC(=O)c1ccc(N2C[C@@H](C)N(C(=O)OC(C)(C)C)[C@@H](C)C2)c2ccnnc12. The van der Waals surface area contributed by atoms with Crippen molar-refractivity contribution in [3.63, 3.8) is 0 Å². The molecule has 1 aliphatic rings. The van der Waals surface area contributed by atoms with Crippen molar-refractivity contribution in [2.45, 2.75) is 52.3 Å². The first kappa shape index (κ1) is 20.8. The van der Waals surface area contributed by atoms with Crippen molar-refractivity contribution in [3.8, 4) is 0 Å². The topological polar surface area (TPSA) is 84.9 Å². The Labute approximate surface area is 170 Å². The molecule has 1 aliphatic heterocycles. The highest BCUT2D eigenvalue weighted by molar-refractivity contribution is 6.06. The first-order valence-electron chi connectivity index (χ1n) is 9.71. The van der Waals surface area contributed by atoms with Gasteiger partial charge in [0.25, 0.3) is 0 Å². The molecule has 0 radical (unpaired) electrons. The van der Waals surface area contributed by atoms with Gasteiger partial charge >= 0.3 is 12.1 Å². The van der Waals surface area contributed by atoms with E-state index in [4.69, 9.17) is 9.47 Å². The monoisotopic (exact) mass is 400 g/mol. The lowest BCUT2D eigenvalue weighted by atomic mass is 10.0. The van der Waals surface area contributed by atoms with Crippen LogP contribution in [0.2, 0.25) is 0 Å². The molecule has 0 bridgehead atoms. The number of nitrogens with zero attached hydrogens (tertiary/aromatic N) is 4. The van der Waals surface area contributed by atoms with E-state index in [1.807, 2.05) is 46.8 Å². The Morgan fingerprint density at radius 1 is 1.10 bits per heavy atom. The highest BCUT2D eigenvalue weighted by atomic mass is 16.6. The number of carbonyl (C=O) groups is 2. The molecule has 0 N–H and O–H groups in total. The molecule has 0 saturated carbocycles. The summed E-state index contributed by atoms with van der Waals surface area (Å²) in [6.45, 7) is 10.9. The molecule has 1 amide bonds. The Bertz CT molecular complexity index is 913. The molecule has 1 aromatic carbocycles. The Morgan fingerprint density at radius 3 is 2.34 bits per heavy atom. The Hall–Kier alpha value is -2.90. The van der Waals surface area contributed by atoms with Crippen LogP contribution in [0.3, 0.4) is 0 Å². The summed E-state index contributed by atoms with van der Waals surface area (Å²) in [4.78, 5) is 28.8. The first-order valence-corrected chi connectivity index (χ1v) is 9.71. The van der Waals surface area contributed by atoms with E-state index in [1.165, 1.54) is 7.11 Å². The van der Waals surface area contributed by atoms with Gasteiger partial charge < -0.3 is 14.4 Å². The number of rotatable bonds is 2. The molecule has 0 spiro atoms. The maximum absolute atomic E-state index is 12.7. The molecule has 3 rings (SSSR count). The number of ether oxygens (including phenoxy) is 2. The standard InChI is InChI=1S/C21H28N4O4/c1-13-11-24(12-14(2)25(13)20(27)29-21(3,4)5)17-8-7-16(19(26)28-6)18-15(17)9-10-22-23-18/h7-10,13-14H,11-12H2,1-6H3/t13-,14+. The predicted octanol–water partition coefficient (Wildman–Crippen LogP) is 3.25. The van der Waals surface area contributed by atoms with E-state index in [0.29, 0.717) is 24.2 Å². The fourth-order valence-corrected chi connectivity index (χ4v) is 3.81. The van der Waals surface area contributed by atoms with E-state index < -0.39 is 11.6 Å². The number of anilines is 1. The van der Waals surface area contributed by atoms with Gasteiger partial charge in [-0.2, -0.15) is 5.10 Å². The molecular formula is C21H28N4O4. The second-order valence-corrected chi connectivity index (χ2v) is 8.41. The predicted molar refractivity (Wildman–Crippen MR) is 110 cm³/mol. The number of fused-ring (bicyclic) bond motifs is 1. The average molecular weight is 400 g/mol. The third-order valence-corrected chi connectivity index (χ3v) is 4.93. The van der Waals surface area contributed by atoms with Crippen molar-refractivity contribution in [2.75, 3.05) is 25.1 Å². The molecule has 2 aromatic rings. The zero-order valence-corrected chi connectivity index (χ0v) is 17.8. The molecule has 29 heavy (non-hydrogen) atoms. The highest BCUT2D eigenvalue weighted by Crippen LogP contribution is 2.31. The molecular weight excluding hydrogens is 372 g/mol. The van der Waals surface area contributed by atoms with Gasteiger partial charge in [-0.05, 0) is 52.8 Å². The second kappa shape index (κ2) is 7.85. The molecule has 2 heterocycles. The normalized spacial score (nSPS) is 19.9. The van der Waals surface area contributed by atoms with Crippen molar-refractivity contribution >= 4 is 28.7 Å². The van der Waals surface area contributed by atoms with Crippen LogP contribution in [0, 0.1) is 0 Å². The maximum Gasteiger partial charge on any atom is 0.410 e. The van der Waals surface area contributed by atoms with Crippen LogP contribution >= 0.6 is 0 Å².